The number of rotatable bonds is 7. The largest absolute Gasteiger partial charge is 0.390 e. The van der Waals surface area contributed by atoms with Gasteiger partial charge in [0, 0.05) is 42.0 Å². The predicted octanol–water partition coefficient (Wildman–Crippen LogP) is 4.82. The van der Waals surface area contributed by atoms with Crippen LogP contribution in [-0.4, -0.2) is 46.9 Å². The molecule has 0 fully saturated rings. The van der Waals surface area contributed by atoms with Crippen LogP contribution in [-0.2, 0) is 0 Å². The lowest BCUT2D eigenvalue weighted by atomic mass is 10.0. The van der Waals surface area contributed by atoms with Crippen molar-refractivity contribution < 1.29 is 14.3 Å². The summed E-state index contributed by atoms with van der Waals surface area (Å²) in [6, 6.07) is 9.82. The van der Waals surface area contributed by atoms with Crippen LogP contribution in [0.1, 0.15) is 42.9 Å². The highest BCUT2D eigenvalue weighted by atomic mass is 19.1. The Morgan fingerprint density at radius 2 is 1.77 bits per heavy atom. The van der Waals surface area contributed by atoms with Gasteiger partial charge < -0.3 is 20.6 Å². The molecule has 39 heavy (non-hydrogen) atoms. The molecule has 0 unspecified atom stereocenters. The molecule has 0 saturated carbocycles. The van der Waals surface area contributed by atoms with Gasteiger partial charge in [-0.25, -0.2) is 19.3 Å². The maximum atomic E-state index is 13.7. The molecule has 0 aliphatic rings. The molecule has 0 radical (unpaired) electrons. The van der Waals surface area contributed by atoms with E-state index < -0.39 is 5.60 Å². The first-order chi connectivity index (χ1) is 18.6. The van der Waals surface area contributed by atoms with E-state index in [0.29, 0.717) is 42.0 Å². The fourth-order valence-electron chi connectivity index (χ4n) is 4.32. The zero-order chi connectivity index (χ0) is 28.3. The number of halogens is 1. The number of amides is 1. The minimum atomic E-state index is -0.797. The average Bonchev–Trinajstić information content (AvgIpc) is 3.52. The van der Waals surface area contributed by atoms with Crippen molar-refractivity contribution in [3.05, 3.63) is 85.4 Å². The number of pyridine rings is 1. The molecule has 1 aromatic carbocycles. The standard InChI is InChI=1S/C27H28FN7O2.C2H4/c1-16-13-31-21-10-7-18(14-34(16)21)23-22(17-5-8-19(28)9-6-17)33-24(29)25-32-20(15-35(23)25)26(36)30-12-4-11-27(2,3)37;1-2/h5-10,13-15,37H,4,11-12H2,1-3H3,(H2,29,33)(H,30,36);1-2H2. The molecule has 10 heteroatoms. The van der Waals surface area contributed by atoms with E-state index in [4.69, 9.17) is 5.73 Å². The Balaban J connectivity index is 0.00000172. The molecule has 0 aliphatic heterocycles. The number of nitrogens with one attached hydrogen (secondary N) is 1. The van der Waals surface area contributed by atoms with Crippen LogP contribution >= 0.6 is 0 Å². The smallest absolute Gasteiger partial charge is 0.271 e. The maximum Gasteiger partial charge on any atom is 0.271 e. The number of carbonyl (C=O) groups is 1. The van der Waals surface area contributed by atoms with Crippen molar-refractivity contribution in [1.29, 1.82) is 0 Å². The van der Waals surface area contributed by atoms with Gasteiger partial charge in [-0.15, -0.1) is 13.2 Å². The molecular weight excluding hydrogens is 497 g/mol. The summed E-state index contributed by atoms with van der Waals surface area (Å²) >= 11 is 0. The second-order valence-electron chi connectivity index (χ2n) is 9.74. The van der Waals surface area contributed by atoms with Crippen molar-refractivity contribution in [3.63, 3.8) is 0 Å². The number of imidazole rings is 2. The lowest BCUT2D eigenvalue weighted by Crippen LogP contribution is -2.27. The minimum Gasteiger partial charge on any atom is -0.390 e. The Morgan fingerprint density at radius 1 is 1.08 bits per heavy atom. The number of anilines is 1. The lowest BCUT2D eigenvalue weighted by Gasteiger charge is -2.16. The van der Waals surface area contributed by atoms with Crippen molar-refractivity contribution in [2.75, 3.05) is 12.3 Å². The van der Waals surface area contributed by atoms with Gasteiger partial charge in [0.1, 0.15) is 17.2 Å². The number of benzene rings is 1. The van der Waals surface area contributed by atoms with Crippen molar-refractivity contribution in [2.45, 2.75) is 39.2 Å². The van der Waals surface area contributed by atoms with Gasteiger partial charge in [0.25, 0.3) is 5.91 Å². The molecule has 0 atom stereocenters. The molecule has 5 rings (SSSR count). The maximum absolute atomic E-state index is 13.7. The fourth-order valence-corrected chi connectivity index (χ4v) is 4.32. The summed E-state index contributed by atoms with van der Waals surface area (Å²) in [4.78, 5) is 26.4. The van der Waals surface area contributed by atoms with Gasteiger partial charge in [-0.2, -0.15) is 0 Å². The zero-order valence-electron chi connectivity index (χ0n) is 22.3. The van der Waals surface area contributed by atoms with E-state index in [-0.39, 0.29) is 23.2 Å². The third kappa shape index (κ3) is 5.80. The average molecular weight is 530 g/mol. The number of nitrogen functional groups attached to an aromatic ring is 1. The van der Waals surface area contributed by atoms with E-state index in [1.165, 1.54) is 12.1 Å². The number of fused-ring (bicyclic) bond motifs is 2. The molecular formula is C29H32FN7O2. The number of hydrogen-bond donors (Lipinski definition) is 3. The Labute approximate surface area is 225 Å². The number of aliphatic hydroxyl groups is 1. The Morgan fingerprint density at radius 3 is 2.46 bits per heavy atom. The summed E-state index contributed by atoms with van der Waals surface area (Å²) in [6.45, 7) is 11.8. The number of hydrogen-bond acceptors (Lipinski definition) is 6. The Bertz CT molecular complexity index is 1630. The summed E-state index contributed by atoms with van der Waals surface area (Å²) in [6.07, 6.45) is 6.53. The summed E-state index contributed by atoms with van der Waals surface area (Å²) in [7, 11) is 0. The molecule has 0 saturated heterocycles. The Hall–Kier alpha value is -4.57. The first-order valence-corrected chi connectivity index (χ1v) is 12.5. The van der Waals surface area contributed by atoms with Crippen LogP contribution < -0.4 is 11.1 Å². The third-order valence-electron chi connectivity index (χ3n) is 6.20. The third-order valence-corrected chi connectivity index (χ3v) is 6.20. The van der Waals surface area contributed by atoms with E-state index in [1.54, 1.807) is 42.8 Å². The number of carbonyl (C=O) groups excluding carboxylic acids is 1. The quantitative estimate of drug-likeness (QED) is 0.205. The lowest BCUT2D eigenvalue weighted by molar-refractivity contribution is 0.0679. The van der Waals surface area contributed by atoms with Gasteiger partial charge >= 0.3 is 0 Å². The first-order valence-electron chi connectivity index (χ1n) is 12.5. The second-order valence-corrected chi connectivity index (χ2v) is 9.74. The van der Waals surface area contributed by atoms with Crippen molar-refractivity contribution in [3.8, 4) is 22.5 Å². The van der Waals surface area contributed by atoms with Crippen LogP contribution in [0.5, 0.6) is 0 Å². The number of aryl methyl sites for hydroxylation is 1. The van der Waals surface area contributed by atoms with Gasteiger partial charge in [-0.05, 0) is 70.0 Å². The van der Waals surface area contributed by atoms with Crippen LogP contribution in [0.3, 0.4) is 0 Å². The summed E-state index contributed by atoms with van der Waals surface area (Å²) in [5.41, 5.74) is 10.4. The molecule has 4 aromatic heterocycles. The van der Waals surface area contributed by atoms with E-state index in [0.717, 1.165) is 16.9 Å². The summed E-state index contributed by atoms with van der Waals surface area (Å²) < 4.78 is 17.4. The molecule has 0 spiro atoms. The van der Waals surface area contributed by atoms with Crippen LogP contribution in [0.4, 0.5) is 10.2 Å². The second kappa shape index (κ2) is 11.0. The highest BCUT2D eigenvalue weighted by Crippen LogP contribution is 2.34. The van der Waals surface area contributed by atoms with E-state index >= 15 is 0 Å². The number of aromatic nitrogens is 5. The van der Waals surface area contributed by atoms with Gasteiger partial charge in [0.15, 0.2) is 11.5 Å². The fraction of sp³-hybridized carbons (Fsp3) is 0.241. The Kier molecular flexibility index (Phi) is 7.78. The van der Waals surface area contributed by atoms with Crippen LogP contribution in [0.15, 0.2) is 68.1 Å². The zero-order valence-corrected chi connectivity index (χ0v) is 22.3. The molecule has 0 aliphatic carbocycles. The summed E-state index contributed by atoms with van der Waals surface area (Å²) in [5.74, 6) is -0.570. The van der Waals surface area contributed by atoms with Crippen molar-refractivity contribution in [1.82, 2.24) is 29.1 Å². The highest BCUT2D eigenvalue weighted by Gasteiger charge is 2.21. The van der Waals surface area contributed by atoms with Gasteiger partial charge in [0.05, 0.1) is 17.0 Å². The minimum absolute atomic E-state index is 0.143. The van der Waals surface area contributed by atoms with E-state index in [9.17, 15) is 14.3 Å². The van der Waals surface area contributed by atoms with Crippen LogP contribution in [0, 0.1) is 12.7 Å². The van der Waals surface area contributed by atoms with E-state index in [2.05, 4.69) is 33.4 Å². The van der Waals surface area contributed by atoms with Crippen LogP contribution in [0.2, 0.25) is 0 Å². The SMILES string of the molecule is C=C.Cc1cnc2ccc(-c3c(-c4ccc(F)cc4)nc(N)c4nc(C(=O)NCCCC(C)(C)O)cn34)cn12. The normalized spacial score (nSPS) is 11.4. The number of nitrogens with zero attached hydrogens (tertiary/aromatic N) is 5. The molecule has 1 amide bonds. The van der Waals surface area contributed by atoms with Crippen LogP contribution in [0.25, 0.3) is 33.8 Å². The topological polar surface area (TPSA) is 123 Å². The first kappa shape index (κ1) is 27.5. The molecule has 4 heterocycles. The van der Waals surface area contributed by atoms with E-state index in [1.807, 2.05) is 29.7 Å². The molecule has 5 aromatic rings. The highest BCUT2D eigenvalue weighted by molar-refractivity contribution is 5.94. The van der Waals surface area contributed by atoms with Gasteiger partial charge in [0.2, 0.25) is 0 Å². The molecule has 4 N–H and O–H groups in total. The molecule has 202 valence electrons. The van der Waals surface area contributed by atoms with Crippen molar-refractivity contribution >= 4 is 23.0 Å². The summed E-state index contributed by atoms with van der Waals surface area (Å²) in [5, 5.41) is 12.7. The molecule has 0 bridgehead atoms. The van der Waals surface area contributed by atoms with Gasteiger partial charge in [-0.1, -0.05) is 0 Å². The monoisotopic (exact) mass is 529 g/mol. The van der Waals surface area contributed by atoms with Crippen molar-refractivity contribution in [2.24, 2.45) is 0 Å². The molecule has 9 nitrogen and oxygen atoms in total. The predicted molar refractivity (Wildman–Crippen MR) is 151 cm³/mol. The van der Waals surface area contributed by atoms with Gasteiger partial charge in [-0.3, -0.25) is 9.20 Å². The number of nitrogens with two attached hydrogens (primary N) is 1.